The minimum absolute atomic E-state index is 0.277. The first-order chi connectivity index (χ1) is 20.6. The van der Waals surface area contributed by atoms with Crippen molar-refractivity contribution in [2.45, 2.75) is 13.1 Å². The number of aromatic nitrogens is 5. The first kappa shape index (κ1) is 27.3. The highest BCUT2D eigenvalue weighted by atomic mass is 19.1. The van der Waals surface area contributed by atoms with Gasteiger partial charge >= 0.3 is 0 Å². The topological polar surface area (TPSA) is 101 Å². The Morgan fingerprint density at radius 2 is 1.55 bits per heavy atom. The molecule has 0 radical (unpaired) electrons. The van der Waals surface area contributed by atoms with Crippen LogP contribution in [0.5, 0.6) is 11.5 Å². The van der Waals surface area contributed by atoms with Crippen molar-refractivity contribution in [3.05, 3.63) is 89.7 Å². The van der Waals surface area contributed by atoms with Crippen LogP contribution in [0, 0.1) is 5.82 Å². The lowest BCUT2D eigenvalue weighted by Gasteiger charge is -2.35. The number of methoxy groups -OCH3 is 2. The minimum atomic E-state index is -0.277. The van der Waals surface area contributed by atoms with Crippen LogP contribution in [0.15, 0.2) is 72.8 Å². The van der Waals surface area contributed by atoms with E-state index < -0.39 is 0 Å². The fraction of sp³-hybridized carbons (Fsp3) is 0.258. The Balaban J connectivity index is 1.31. The number of benzene rings is 3. The molecule has 3 heterocycles. The lowest BCUT2D eigenvalue weighted by atomic mass is 10.2. The SMILES string of the molecule is COc1ccc(-c2nnc3nc(NCc4ccc(F)cc4)nc(N4CCN(Cc5ccccc5)CC4)c3n2)cc1OC. The average molecular weight is 567 g/mol. The van der Waals surface area contributed by atoms with Gasteiger partial charge in [0, 0.05) is 44.8 Å². The Morgan fingerprint density at radius 1 is 0.786 bits per heavy atom. The van der Waals surface area contributed by atoms with Gasteiger partial charge in [-0.1, -0.05) is 42.5 Å². The molecule has 214 valence electrons. The smallest absolute Gasteiger partial charge is 0.227 e. The van der Waals surface area contributed by atoms with Gasteiger partial charge in [0.25, 0.3) is 0 Å². The van der Waals surface area contributed by atoms with Crippen molar-refractivity contribution in [1.29, 1.82) is 0 Å². The summed E-state index contributed by atoms with van der Waals surface area (Å²) in [6, 6.07) is 22.3. The van der Waals surface area contributed by atoms with Crippen molar-refractivity contribution in [3.8, 4) is 22.9 Å². The quantitative estimate of drug-likeness (QED) is 0.273. The van der Waals surface area contributed by atoms with Gasteiger partial charge in [-0.25, -0.2) is 9.37 Å². The molecule has 1 saturated heterocycles. The zero-order valence-electron chi connectivity index (χ0n) is 23.5. The van der Waals surface area contributed by atoms with E-state index in [1.807, 2.05) is 24.3 Å². The molecular formula is C31H31FN8O2. The molecule has 1 aliphatic rings. The fourth-order valence-electron chi connectivity index (χ4n) is 4.96. The Bertz CT molecular complexity index is 1660. The average Bonchev–Trinajstić information content (AvgIpc) is 3.04. The number of nitrogens with one attached hydrogen (secondary N) is 1. The van der Waals surface area contributed by atoms with Gasteiger partial charge in [-0.3, -0.25) is 4.90 Å². The summed E-state index contributed by atoms with van der Waals surface area (Å²) >= 11 is 0. The molecule has 0 unspecified atom stereocenters. The molecular weight excluding hydrogens is 535 g/mol. The van der Waals surface area contributed by atoms with E-state index in [2.05, 4.69) is 54.6 Å². The van der Waals surface area contributed by atoms with Crippen LogP contribution in [0.1, 0.15) is 11.1 Å². The number of ether oxygens (including phenoxy) is 2. The van der Waals surface area contributed by atoms with Crippen LogP contribution in [0.3, 0.4) is 0 Å². The van der Waals surface area contributed by atoms with Gasteiger partial charge in [0.05, 0.1) is 14.2 Å². The monoisotopic (exact) mass is 566 g/mol. The summed E-state index contributed by atoms with van der Waals surface area (Å²) in [5, 5.41) is 12.1. The van der Waals surface area contributed by atoms with Gasteiger partial charge in [0.2, 0.25) is 11.6 Å². The second kappa shape index (κ2) is 12.3. The molecule has 0 saturated carbocycles. The van der Waals surface area contributed by atoms with Crippen molar-refractivity contribution < 1.29 is 13.9 Å². The van der Waals surface area contributed by atoms with Gasteiger partial charge in [-0.2, -0.15) is 9.97 Å². The number of nitrogens with zero attached hydrogens (tertiary/aromatic N) is 7. The summed E-state index contributed by atoms with van der Waals surface area (Å²) in [5.41, 5.74) is 3.89. The normalized spacial score (nSPS) is 13.7. The number of hydrogen-bond acceptors (Lipinski definition) is 10. The van der Waals surface area contributed by atoms with Gasteiger partial charge < -0.3 is 19.7 Å². The number of rotatable bonds is 9. The highest BCUT2D eigenvalue weighted by Gasteiger charge is 2.23. The second-order valence-corrected chi connectivity index (χ2v) is 9.98. The molecule has 1 aliphatic heterocycles. The molecule has 6 rings (SSSR count). The molecule has 0 bridgehead atoms. The van der Waals surface area contributed by atoms with Gasteiger partial charge in [0.1, 0.15) is 5.82 Å². The van der Waals surface area contributed by atoms with Gasteiger partial charge in [-0.15, -0.1) is 10.2 Å². The van der Waals surface area contributed by atoms with Crippen molar-refractivity contribution >= 4 is 22.9 Å². The van der Waals surface area contributed by atoms with E-state index in [1.165, 1.54) is 17.7 Å². The maximum absolute atomic E-state index is 13.4. The number of anilines is 2. The fourth-order valence-corrected chi connectivity index (χ4v) is 4.96. The van der Waals surface area contributed by atoms with E-state index in [0.29, 0.717) is 46.8 Å². The number of hydrogen-bond donors (Lipinski definition) is 1. The van der Waals surface area contributed by atoms with Crippen molar-refractivity contribution in [3.63, 3.8) is 0 Å². The highest BCUT2D eigenvalue weighted by molar-refractivity contribution is 5.85. The second-order valence-electron chi connectivity index (χ2n) is 9.98. The number of fused-ring (bicyclic) bond motifs is 1. The van der Waals surface area contributed by atoms with Gasteiger partial charge in [0.15, 0.2) is 28.7 Å². The standard InChI is InChI=1S/C31H31FN8O2/c1-41-25-13-10-23(18-26(25)42-2)28-34-27-29(38-37-28)35-31(33-19-21-8-11-24(32)12-9-21)36-30(27)40-16-14-39(15-17-40)20-22-6-4-3-5-7-22/h3-13,18H,14-17,19-20H2,1-2H3,(H,33,35,36,38). The van der Waals surface area contributed by atoms with E-state index >= 15 is 0 Å². The lowest BCUT2D eigenvalue weighted by molar-refractivity contribution is 0.249. The molecule has 1 N–H and O–H groups in total. The van der Waals surface area contributed by atoms with Crippen LogP contribution >= 0.6 is 0 Å². The third-order valence-electron chi connectivity index (χ3n) is 7.23. The van der Waals surface area contributed by atoms with Crippen molar-refractivity contribution in [1.82, 2.24) is 30.0 Å². The predicted molar refractivity (Wildman–Crippen MR) is 159 cm³/mol. The minimum Gasteiger partial charge on any atom is -0.493 e. The van der Waals surface area contributed by atoms with E-state index in [0.717, 1.165) is 43.9 Å². The molecule has 11 heteroatoms. The van der Waals surface area contributed by atoms with Crippen LogP contribution < -0.4 is 19.7 Å². The third kappa shape index (κ3) is 6.06. The van der Waals surface area contributed by atoms with Crippen LogP contribution in [0.2, 0.25) is 0 Å². The lowest BCUT2D eigenvalue weighted by Crippen LogP contribution is -2.46. The van der Waals surface area contributed by atoms with Crippen LogP contribution in [0.25, 0.3) is 22.6 Å². The summed E-state index contributed by atoms with van der Waals surface area (Å²) in [7, 11) is 3.18. The summed E-state index contributed by atoms with van der Waals surface area (Å²) in [5.74, 6) is 2.44. The molecule has 1 fully saturated rings. The molecule has 42 heavy (non-hydrogen) atoms. The van der Waals surface area contributed by atoms with Crippen molar-refractivity contribution in [2.24, 2.45) is 0 Å². The maximum Gasteiger partial charge on any atom is 0.227 e. The Hall–Kier alpha value is -4.90. The molecule has 5 aromatic rings. The van der Waals surface area contributed by atoms with E-state index in [1.54, 1.807) is 26.4 Å². The molecule has 10 nitrogen and oxygen atoms in total. The van der Waals surface area contributed by atoms with Crippen LogP contribution in [0.4, 0.5) is 16.2 Å². The molecule has 3 aromatic carbocycles. The van der Waals surface area contributed by atoms with E-state index in [4.69, 9.17) is 19.4 Å². The van der Waals surface area contributed by atoms with Crippen molar-refractivity contribution in [2.75, 3.05) is 50.6 Å². The summed E-state index contributed by atoms with van der Waals surface area (Å²) in [6.07, 6.45) is 0. The van der Waals surface area contributed by atoms with Gasteiger partial charge in [-0.05, 0) is 41.5 Å². The Morgan fingerprint density at radius 3 is 2.29 bits per heavy atom. The molecule has 0 spiro atoms. The molecule has 2 aromatic heterocycles. The zero-order valence-corrected chi connectivity index (χ0v) is 23.5. The molecule has 0 amide bonds. The third-order valence-corrected chi connectivity index (χ3v) is 7.23. The van der Waals surface area contributed by atoms with E-state index in [-0.39, 0.29) is 5.82 Å². The summed E-state index contributed by atoms with van der Waals surface area (Å²) < 4.78 is 24.2. The summed E-state index contributed by atoms with van der Waals surface area (Å²) in [4.78, 5) is 19.1. The largest absolute Gasteiger partial charge is 0.493 e. The highest BCUT2D eigenvalue weighted by Crippen LogP contribution is 2.32. The van der Waals surface area contributed by atoms with Crippen LogP contribution in [-0.2, 0) is 13.1 Å². The maximum atomic E-state index is 13.4. The first-order valence-electron chi connectivity index (χ1n) is 13.7. The number of piperazine rings is 1. The Labute approximate surface area is 243 Å². The number of halogens is 1. The predicted octanol–water partition coefficient (Wildman–Crippen LogP) is 4.57. The summed E-state index contributed by atoms with van der Waals surface area (Å²) in [6.45, 7) is 4.62. The van der Waals surface area contributed by atoms with Crippen LogP contribution in [-0.4, -0.2) is 70.4 Å². The molecule has 0 atom stereocenters. The Kier molecular flexibility index (Phi) is 8.00. The van der Waals surface area contributed by atoms with E-state index in [9.17, 15) is 4.39 Å². The first-order valence-corrected chi connectivity index (χ1v) is 13.7. The zero-order chi connectivity index (χ0) is 28.9. The molecule has 0 aliphatic carbocycles.